The van der Waals surface area contributed by atoms with E-state index in [9.17, 15) is 4.79 Å². The molecule has 1 aromatic heterocycles. The van der Waals surface area contributed by atoms with E-state index < -0.39 is 12.1 Å². The van der Waals surface area contributed by atoms with Gasteiger partial charge < -0.3 is 23.7 Å². The molecule has 9 heteroatoms. The van der Waals surface area contributed by atoms with Crippen molar-refractivity contribution in [2.45, 2.75) is 64.3 Å². The maximum atomic E-state index is 10.8. The smallest absolute Gasteiger partial charge is 0.303 e. The zero-order valence-corrected chi connectivity index (χ0v) is 13.6. The van der Waals surface area contributed by atoms with Crippen LogP contribution in [0.15, 0.2) is 6.20 Å². The van der Waals surface area contributed by atoms with Crippen molar-refractivity contribution < 1.29 is 28.5 Å². The summed E-state index contributed by atoms with van der Waals surface area (Å²) in [6.07, 6.45) is 0.452. The average molecular weight is 327 g/mol. The molecule has 3 rings (SSSR count). The Morgan fingerprint density at radius 1 is 1.39 bits per heavy atom. The summed E-state index contributed by atoms with van der Waals surface area (Å²) in [5.41, 5.74) is 0.571. The van der Waals surface area contributed by atoms with Crippen molar-refractivity contribution in [3.05, 3.63) is 11.9 Å². The van der Waals surface area contributed by atoms with Gasteiger partial charge in [0.15, 0.2) is 12.1 Å². The SMILES string of the molecule is CO[C@@H]1O[C@H](Cn2cc(COC(C)=O)nn2)[C@@H]2OC(C)(C)OC12. The molecule has 3 heterocycles. The number of methoxy groups -OCH3 is 1. The second-order valence-electron chi connectivity index (χ2n) is 6.06. The Labute approximate surface area is 133 Å². The predicted molar refractivity (Wildman–Crippen MR) is 75.0 cm³/mol. The molecule has 1 aromatic rings. The molecule has 2 aliphatic rings. The molecule has 4 atom stereocenters. The maximum Gasteiger partial charge on any atom is 0.303 e. The van der Waals surface area contributed by atoms with Crippen LogP contribution < -0.4 is 0 Å². The van der Waals surface area contributed by atoms with E-state index in [0.29, 0.717) is 12.2 Å². The maximum absolute atomic E-state index is 10.8. The number of nitrogens with zero attached hydrogens (tertiary/aromatic N) is 3. The van der Waals surface area contributed by atoms with E-state index in [-0.39, 0.29) is 30.9 Å². The lowest BCUT2D eigenvalue weighted by Crippen LogP contribution is -2.33. The first-order valence-electron chi connectivity index (χ1n) is 7.44. The third-order valence-corrected chi connectivity index (χ3v) is 3.72. The molecule has 0 aromatic carbocycles. The Morgan fingerprint density at radius 2 is 2.13 bits per heavy atom. The summed E-state index contributed by atoms with van der Waals surface area (Å²) < 4.78 is 29.4. The Morgan fingerprint density at radius 3 is 2.83 bits per heavy atom. The molecule has 0 bridgehead atoms. The Bertz CT molecular complexity index is 575. The lowest BCUT2D eigenvalue weighted by atomic mass is 10.1. The van der Waals surface area contributed by atoms with Gasteiger partial charge >= 0.3 is 5.97 Å². The van der Waals surface area contributed by atoms with Crippen molar-refractivity contribution in [3.63, 3.8) is 0 Å². The van der Waals surface area contributed by atoms with Gasteiger partial charge in [-0.1, -0.05) is 5.21 Å². The number of ether oxygens (including phenoxy) is 5. The highest BCUT2D eigenvalue weighted by atomic mass is 16.8. The van der Waals surface area contributed by atoms with E-state index in [1.54, 1.807) is 18.0 Å². The minimum Gasteiger partial charge on any atom is -0.459 e. The first kappa shape index (κ1) is 16.3. The predicted octanol–water partition coefficient (Wildman–Crippen LogP) is 0.233. The highest BCUT2D eigenvalue weighted by Crippen LogP contribution is 2.39. The van der Waals surface area contributed by atoms with E-state index in [4.69, 9.17) is 23.7 Å². The molecule has 0 saturated carbocycles. The van der Waals surface area contributed by atoms with Crippen molar-refractivity contribution >= 4 is 5.97 Å². The Kier molecular flexibility index (Phi) is 4.37. The molecule has 0 amide bonds. The van der Waals surface area contributed by atoms with Gasteiger partial charge in [-0.25, -0.2) is 4.68 Å². The normalized spacial score (nSPS) is 32.0. The Hall–Kier alpha value is -1.55. The molecule has 0 spiro atoms. The van der Waals surface area contributed by atoms with Crippen molar-refractivity contribution in [2.24, 2.45) is 0 Å². The second-order valence-corrected chi connectivity index (χ2v) is 6.06. The standard InChI is InChI=1S/C14H21N3O6/c1-8(18)20-7-9-5-17(16-15-9)6-10-11-12(13(19-4)21-10)23-14(2,3)22-11/h5,10-13H,6-7H2,1-4H3/t10-,11+,12?,13-/m1/s1. The fraction of sp³-hybridized carbons (Fsp3) is 0.786. The van der Waals surface area contributed by atoms with Gasteiger partial charge in [-0.2, -0.15) is 0 Å². The van der Waals surface area contributed by atoms with Gasteiger partial charge in [-0.05, 0) is 13.8 Å². The number of carbonyl (C=O) groups excluding carboxylic acids is 1. The van der Waals surface area contributed by atoms with E-state index in [2.05, 4.69) is 10.3 Å². The van der Waals surface area contributed by atoms with Crippen LogP contribution in [0.3, 0.4) is 0 Å². The molecule has 23 heavy (non-hydrogen) atoms. The van der Waals surface area contributed by atoms with Crippen LogP contribution in [0.4, 0.5) is 0 Å². The van der Waals surface area contributed by atoms with Crippen LogP contribution >= 0.6 is 0 Å². The van der Waals surface area contributed by atoms with E-state index in [1.807, 2.05) is 13.8 Å². The largest absolute Gasteiger partial charge is 0.459 e. The summed E-state index contributed by atoms with van der Waals surface area (Å²) in [5.74, 6) is -1.03. The molecule has 0 radical (unpaired) electrons. The number of hydrogen-bond acceptors (Lipinski definition) is 8. The van der Waals surface area contributed by atoms with Crippen molar-refractivity contribution in [3.8, 4) is 0 Å². The highest BCUT2D eigenvalue weighted by Gasteiger charge is 2.55. The summed E-state index contributed by atoms with van der Waals surface area (Å²) in [6, 6.07) is 0. The van der Waals surface area contributed by atoms with E-state index in [0.717, 1.165) is 0 Å². The molecule has 9 nitrogen and oxygen atoms in total. The highest BCUT2D eigenvalue weighted by molar-refractivity contribution is 5.65. The number of aromatic nitrogens is 3. The quantitative estimate of drug-likeness (QED) is 0.710. The summed E-state index contributed by atoms with van der Waals surface area (Å²) in [6.45, 7) is 5.61. The molecule has 0 N–H and O–H groups in total. The number of esters is 1. The molecule has 1 unspecified atom stereocenters. The minimum absolute atomic E-state index is 0.0975. The van der Waals surface area contributed by atoms with Crippen LogP contribution in [0.5, 0.6) is 0 Å². The van der Waals surface area contributed by atoms with Crippen LogP contribution in [0.25, 0.3) is 0 Å². The number of rotatable bonds is 5. The monoisotopic (exact) mass is 327 g/mol. The van der Waals surface area contributed by atoms with Crippen LogP contribution in [0.1, 0.15) is 26.5 Å². The van der Waals surface area contributed by atoms with Crippen molar-refractivity contribution in [1.82, 2.24) is 15.0 Å². The first-order valence-corrected chi connectivity index (χ1v) is 7.44. The average Bonchev–Trinajstić information content (AvgIpc) is 3.12. The molecule has 128 valence electrons. The van der Waals surface area contributed by atoms with Crippen molar-refractivity contribution in [2.75, 3.05) is 7.11 Å². The second kappa shape index (κ2) is 6.16. The van der Waals surface area contributed by atoms with Gasteiger partial charge in [0.2, 0.25) is 0 Å². The molecule has 2 aliphatic heterocycles. The van der Waals surface area contributed by atoms with Gasteiger partial charge in [0.05, 0.1) is 12.7 Å². The summed E-state index contributed by atoms with van der Waals surface area (Å²) in [7, 11) is 1.57. The summed E-state index contributed by atoms with van der Waals surface area (Å²) in [4.78, 5) is 10.8. The topological polar surface area (TPSA) is 93.9 Å². The van der Waals surface area contributed by atoms with Gasteiger partial charge in [0, 0.05) is 14.0 Å². The van der Waals surface area contributed by atoms with Gasteiger partial charge in [0.1, 0.15) is 30.6 Å². The fourth-order valence-electron chi connectivity index (χ4n) is 2.83. The molecular formula is C14H21N3O6. The van der Waals surface area contributed by atoms with Gasteiger partial charge in [0.25, 0.3) is 0 Å². The van der Waals surface area contributed by atoms with Crippen LogP contribution in [-0.2, 0) is 41.6 Å². The minimum atomic E-state index is -0.670. The van der Waals surface area contributed by atoms with Gasteiger partial charge in [-0.3, -0.25) is 4.79 Å². The van der Waals surface area contributed by atoms with Crippen LogP contribution in [0.2, 0.25) is 0 Å². The Balaban J connectivity index is 1.64. The molecular weight excluding hydrogens is 306 g/mol. The number of hydrogen-bond donors (Lipinski definition) is 0. The lowest BCUT2D eigenvalue weighted by Gasteiger charge is -2.23. The third-order valence-electron chi connectivity index (χ3n) is 3.72. The summed E-state index contributed by atoms with van der Waals surface area (Å²) >= 11 is 0. The van der Waals surface area contributed by atoms with Crippen LogP contribution in [-0.4, -0.2) is 58.5 Å². The zero-order valence-electron chi connectivity index (χ0n) is 13.6. The van der Waals surface area contributed by atoms with E-state index >= 15 is 0 Å². The summed E-state index contributed by atoms with van der Waals surface area (Å²) in [5, 5.41) is 7.98. The number of carbonyl (C=O) groups is 1. The van der Waals surface area contributed by atoms with Crippen molar-refractivity contribution in [1.29, 1.82) is 0 Å². The molecule has 2 saturated heterocycles. The van der Waals surface area contributed by atoms with E-state index in [1.165, 1.54) is 6.92 Å². The van der Waals surface area contributed by atoms with Crippen LogP contribution in [0, 0.1) is 0 Å². The lowest BCUT2D eigenvalue weighted by molar-refractivity contribution is -0.228. The fourth-order valence-corrected chi connectivity index (χ4v) is 2.83. The zero-order chi connectivity index (χ0) is 16.6. The third kappa shape index (κ3) is 3.52. The van der Waals surface area contributed by atoms with Gasteiger partial charge in [-0.15, -0.1) is 5.10 Å². The molecule has 2 fully saturated rings. The number of fused-ring (bicyclic) bond motifs is 1. The first-order chi connectivity index (χ1) is 10.9. The molecule has 0 aliphatic carbocycles.